The Balaban J connectivity index is 1.86. The summed E-state index contributed by atoms with van der Waals surface area (Å²) < 4.78 is 5.20. The molecule has 154 valence electrons. The minimum Gasteiger partial charge on any atom is -0.497 e. The highest BCUT2D eigenvalue weighted by atomic mass is 16.5. The van der Waals surface area contributed by atoms with Crippen molar-refractivity contribution in [2.45, 2.75) is 26.1 Å². The molecule has 0 fully saturated rings. The first-order valence-corrected chi connectivity index (χ1v) is 9.71. The van der Waals surface area contributed by atoms with E-state index >= 15 is 0 Å². The Bertz CT molecular complexity index is 960. The first kappa shape index (κ1) is 21.0. The molecule has 1 atom stereocenters. The highest BCUT2D eigenvalue weighted by Gasteiger charge is 2.29. The van der Waals surface area contributed by atoms with Gasteiger partial charge in [0.1, 0.15) is 11.8 Å². The maximum Gasteiger partial charge on any atom is 0.247 e. The summed E-state index contributed by atoms with van der Waals surface area (Å²) in [7, 11) is 1.61. The van der Waals surface area contributed by atoms with Gasteiger partial charge in [-0.2, -0.15) is 0 Å². The van der Waals surface area contributed by atoms with Crippen LogP contribution in [0.3, 0.4) is 0 Å². The summed E-state index contributed by atoms with van der Waals surface area (Å²) >= 11 is 0. The molecule has 0 aliphatic carbocycles. The van der Waals surface area contributed by atoms with Crippen molar-refractivity contribution in [1.82, 2.24) is 15.2 Å². The maximum atomic E-state index is 13.2. The largest absolute Gasteiger partial charge is 0.497 e. The number of ether oxygens (including phenoxy) is 1. The molecule has 6 heteroatoms. The molecule has 6 nitrogen and oxygen atoms in total. The zero-order chi connectivity index (χ0) is 21.3. The summed E-state index contributed by atoms with van der Waals surface area (Å²) in [6, 6.07) is 21.6. The van der Waals surface area contributed by atoms with Crippen molar-refractivity contribution in [3.05, 3.63) is 95.8 Å². The van der Waals surface area contributed by atoms with Crippen LogP contribution in [0.2, 0.25) is 0 Å². The predicted octanol–water partition coefficient (Wildman–Crippen LogP) is 3.50. The molecule has 2 aromatic carbocycles. The van der Waals surface area contributed by atoms with E-state index in [9.17, 15) is 9.59 Å². The molecule has 1 heterocycles. The van der Waals surface area contributed by atoms with Gasteiger partial charge < -0.3 is 15.0 Å². The van der Waals surface area contributed by atoms with Crippen LogP contribution in [0.1, 0.15) is 29.8 Å². The molecule has 0 bridgehead atoms. The van der Waals surface area contributed by atoms with Crippen molar-refractivity contribution in [1.29, 1.82) is 0 Å². The lowest BCUT2D eigenvalue weighted by Gasteiger charge is -2.30. The van der Waals surface area contributed by atoms with Crippen LogP contribution in [0.25, 0.3) is 0 Å². The lowest BCUT2D eigenvalue weighted by molar-refractivity contribution is -0.140. The van der Waals surface area contributed by atoms with Crippen molar-refractivity contribution in [2.24, 2.45) is 0 Å². The summed E-state index contributed by atoms with van der Waals surface area (Å²) in [5.41, 5.74) is 2.41. The highest BCUT2D eigenvalue weighted by molar-refractivity contribution is 5.88. The van der Waals surface area contributed by atoms with Gasteiger partial charge in [-0.25, -0.2) is 0 Å². The third kappa shape index (κ3) is 5.44. The van der Waals surface area contributed by atoms with E-state index in [-0.39, 0.29) is 18.4 Å². The SMILES string of the molecule is COc1ccc(CN(C(C)=O)C(C(=O)NCc2ccccn2)c2ccccc2)cc1. The Kier molecular flexibility index (Phi) is 7.16. The van der Waals surface area contributed by atoms with Crippen LogP contribution in [-0.2, 0) is 22.7 Å². The smallest absolute Gasteiger partial charge is 0.247 e. The molecule has 30 heavy (non-hydrogen) atoms. The van der Waals surface area contributed by atoms with Gasteiger partial charge in [0.25, 0.3) is 0 Å². The summed E-state index contributed by atoms with van der Waals surface area (Å²) in [5.74, 6) is 0.295. The van der Waals surface area contributed by atoms with Gasteiger partial charge in [0.15, 0.2) is 0 Å². The van der Waals surface area contributed by atoms with Gasteiger partial charge in [0.05, 0.1) is 19.3 Å². The summed E-state index contributed by atoms with van der Waals surface area (Å²) in [5, 5.41) is 2.92. The molecule has 0 aliphatic rings. The molecule has 1 aromatic heterocycles. The minimum atomic E-state index is -0.755. The van der Waals surface area contributed by atoms with Crippen molar-refractivity contribution in [3.8, 4) is 5.75 Å². The van der Waals surface area contributed by atoms with Crippen LogP contribution in [0.4, 0.5) is 0 Å². The Labute approximate surface area is 176 Å². The number of nitrogens with zero attached hydrogens (tertiary/aromatic N) is 2. The van der Waals surface area contributed by atoms with Crippen LogP contribution < -0.4 is 10.1 Å². The van der Waals surface area contributed by atoms with Crippen molar-refractivity contribution in [2.75, 3.05) is 7.11 Å². The average molecular weight is 403 g/mol. The maximum absolute atomic E-state index is 13.2. The monoisotopic (exact) mass is 403 g/mol. The van der Waals surface area contributed by atoms with E-state index in [1.165, 1.54) is 6.92 Å². The first-order chi connectivity index (χ1) is 14.6. The van der Waals surface area contributed by atoms with Crippen molar-refractivity contribution >= 4 is 11.8 Å². The number of amides is 2. The van der Waals surface area contributed by atoms with Crippen molar-refractivity contribution < 1.29 is 14.3 Å². The number of pyridine rings is 1. The second-order valence-corrected chi connectivity index (χ2v) is 6.85. The highest BCUT2D eigenvalue weighted by Crippen LogP contribution is 2.24. The van der Waals surface area contributed by atoms with Gasteiger partial charge in [0.2, 0.25) is 11.8 Å². The number of methoxy groups -OCH3 is 1. The van der Waals surface area contributed by atoms with Crippen LogP contribution in [0.5, 0.6) is 5.75 Å². The Morgan fingerprint density at radius 3 is 2.30 bits per heavy atom. The fraction of sp³-hybridized carbons (Fsp3) is 0.208. The predicted molar refractivity (Wildman–Crippen MR) is 114 cm³/mol. The average Bonchev–Trinajstić information content (AvgIpc) is 2.79. The molecule has 0 aliphatic heterocycles. The zero-order valence-corrected chi connectivity index (χ0v) is 17.1. The standard InChI is InChI=1S/C24H25N3O3/c1-18(28)27(17-19-11-13-22(30-2)14-12-19)23(20-8-4-3-5-9-20)24(29)26-16-21-10-6-7-15-25-21/h3-15,23H,16-17H2,1-2H3,(H,26,29). The van der Waals surface area contributed by atoms with Gasteiger partial charge >= 0.3 is 0 Å². The van der Waals surface area contributed by atoms with Gasteiger partial charge in [0, 0.05) is 19.7 Å². The number of nitrogens with one attached hydrogen (secondary N) is 1. The molecular formula is C24H25N3O3. The quantitative estimate of drug-likeness (QED) is 0.625. The number of benzene rings is 2. The van der Waals surface area contributed by atoms with Gasteiger partial charge in [-0.15, -0.1) is 0 Å². The van der Waals surface area contributed by atoms with Crippen LogP contribution in [-0.4, -0.2) is 28.8 Å². The van der Waals surface area contributed by atoms with E-state index in [2.05, 4.69) is 10.3 Å². The number of carbonyl (C=O) groups excluding carboxylic acids is 2. The molecule has 0 saturated heterocycles. The number of hydrogen-bond acceptors (Lipinski definition) is 4. The van der Waals surface area contributed by atoms with E-state index in [1.54, 1.807) is 18.2 Å². The van der Waals surface area contributed by atoms with Crippen LogP contribution in [0, 0.1) is 0 Å². The third-order valence-electron chi connectivity index (χ3n) is 4.76. The fourth-order valence-electron chi connectivity index (χ4n) is 3.20. The molecule has 3 rings (SSSR count). The molecule has 1 N–H and O–H groups in total. The lowest BCUT2D eigenvalue weighted by Crippen LogP contribution is -2.42. The van der Waals surface area contributed by atoms with Crippen molar-refractivity contribution in [3.63, 3.8) is 0 Å². The fourth-order valence-corrected chi connectivity index (χ4v) is 3.20. The molecule has 0 saturated carbocycles. The molecule has 0 spiro atoms. The Morgan fingerprint density at radius 2 is 1.70 bits per heavy atom. The van der Waals surface area contributed by atoms with Crippen LogP contribution in [0.15, 0.2) is 79.0 Å². The van der Waals surface area contributed by atoms with E-state index in [1.807, 2.05) is 72.8 Å². The molecule has 0 radical (unpaired) electrons. The molecule has 2 amide bonds. The summed E-state index contributed by atoms with van der Waals surface area (Å²) in [6.07, 6.45) is 1.68. The van der Waals surface area contributed by atoms with E-state index in [0.717, 1.165) is 22.6 Å². The second-order valence-electron chi connectivity index (χ2n) is 6.85. The number of carbonyl (C=O) groups is 2. The zero-order valence-electron chi connectivity index (χ0n) is 17.1. The minimum absolute atomic E-state index is 0.187. The topological polar surface area (TPSA) is 71.5 Å². The number of hydrogen-bond donors (Lipinski definition) is 1. The third-order valence-corrected chi connectivity index (χ3v) is 4.76. The summed E-state index contributed by atoms with van der Waals surface area (Å²) in [4.78, 5) is 31.6. The Morgan fingerprint density at radius 1 is 1.00 bits per heavy atom. The number of rotatable bonds is 8. The van der Waals surface area contributed by atoms with E-state index < -0.39 is 6.04 Å². The van der Waals surface area contributed by atoms with Gasteiger partial charge in [-0.05, 0) is 35.4 Å². The molecule has 1 unspecified atom stereocenters. The summed E-state index contributed by atoms with van der Waals surface area (Å²) in [6.45, 7) is 2.07. The number of aromatic nitrogens is 1. The normalized spacial score (nSPS) is 11.4. The Hall–Kier alpha value is -3.67. The first-order valence-electron chi connectivity index (χ1n) is 9.71. The van der Waals surface area contributed by atoms with Gasteiger partial charge in [-0.1, -0.05) is 48.5 Å². The van der Waals surface area contributed by atoms with Crippen LogP contribution >= 0.6 is 0 Å². The van der Waals surface area contributed by atoms with E-state index in [4.69, 9.17) is 4.74 Å². The second kappa shape index (κ2) is 10.2. The van der Waals surface area contributed by atoms with E-state index in [0.29, 0.717) is 6.54 Å². The lowest BCUT2D eigenvalue weighted by atomic mass is 10.0. The van der Waals surface area contributed by atoms with Gasteiger partial charge in [-0.3, -0.25) is 14.6 Å². The molecular weight excluding hydrogens is 378 g/mol. The molecule has 3 aromatic rings.